The van der Waals surface area contributed by atoms with E-state index in [2.05, 4.69) is 9.47 Å². The Morgan fingerprint density at radius 3 is 2.00 bits per heavy atom. The zero-order chi connectivity index (χ0) is 22.1. The van der Waals surface area contributed by atoms with E-state index in [1.54, 1.807) is 0 Å². The Hall–Kier alpha value is -1.32. The predicted octanol–water partition coefficient (Wildman–Crippen LogP) is 3.11. The minimum atomic E-state index is -1.28. The molecule has 0 amide bonds. The summed E-state index contributed by atoms with van der Waals surface area (Å²) in [4.78, 5) is 22.3. The monoisotopic (exact) mass is 439 g/mol. The van der Waals surface area contributed by atoms with Crippen LogP contribution in [0.1, 0.15) is 59.2 Å². The summed E-state index contributed by atoms with van der Waals surface area (Å²) in [7, 11) is 2.63. The van der Waals surface area contributed by atoms with Gasteiger partial charge < -0.3 is 24.1 Å². The van der Waals surface area contributed by atoms with Gasteiger partial charge in [-0.15, -0.1) is 0 Å². The summed E-state index contributed by atoms with van der Waals surface area (Å²) in [5.41, 5.74) is 0. The summed E-state index contributed by atoms with van der Waals surface area (Å²) in [5.74, 6) is -1.37. The molecule has 7 atom stereocenters. The van der Waals surface area contributed by atoms with Gasteiger partial charge in [0.1, 0.15) is 12.3 Å². The van der Waals surface area contributed by atoms with Crippen molar-refractivity contribution < 1.29 is 43.9 Å². The molecule has 30 heavy (non-hydrogen) atoms. The number of carbonyl (C=O) groups is 2. The molecule has 2 aliphatic carbocycles. The SMILES string of the molecule is COC(=O)[C@H]1CCC(O)[C@H](F)C1.COC(=O)[C@H]1CCC(OC2CCCCO2)[C@H](F)C1.[2HH]. The van der Waals surface area contributed by atoms with Crippen LogP contribution in [0, 0.1) is 11.8 Å². The van der Waals surface area contributed by atoms with Gasteiger partial charge in [0.2, 0.25) is 0 Å². The molecule has 7 nitrogen and oxygen atoms in total. The molecule has 3 rings (SSSR count). The molecule has 1 saturated heterocycles. The predicted molar refractivity (Wildman–Crippen MR) is 105 cm³/mol. The molecule has 3 unspecified atom stereocenters. The number of esters is 2. The number of carbonyl (C=O) groups excluding carboxylic acids is 2. The number of rotatable bonds is 4. The summed E-state index contributed by atoms with van der Waals surface area (Å²) >= 11 is 0. The second-order valence-corrected chi connectivity index (χ2v) is 8.14. The maximum absolute atomic E-state index is 14.0. The summed E-state index contributed by atoms with van der Waals surface area (Å²) in [6.07, 6.45) is 1.32. The van der Waals surface area contributed by atoms with Gasteiger partial charge in [0.05, 0.1) is 38.3 Å². The molecule has 0 bridgehead atoms. The summed E-state index contributed by atoms with van der Waals surface area (Å²) < 4.78 is 47.1. The number of aliphatic hydroxyl groups is 1. The van der Waals surface area contributed by atoms with Gasteiger partial charge in [0, 0.05) is 8.03 Å². The number of ether oxygens (including phenoxy) is 4. The van der Waals surface area contributed by atoms with Crippen molar-refractivity contribution in [2.45, 2.75) is 88.6 Å². The summed E-state index contributed by atoms with van der Waals surface area (Å²) in [5, 5.41) is 9.02. The van der Waals surface area contributed by atoms with Crippen molar-refractivity contribution in [2.75, 3.05) is 20.8 Å². The van der Waals surface area contributed by atoms with E-state index < -0.39 is 24.6 Å². The number of methoxy groups -OCH3 is 2. The molecule has 1 N–H and O–H groups in total. The fourth-order valence-corrected chi connectivity index (χ4v) is 4.12. The lowest BCUT2D eigenvalue weighted by molar-refractivity contribution is -0.208. The van der Waals surface area contributed by atoms with E-state index in [1.807, 2.05) is 0 Å². The summed E-state index contributed by atoms with van der Waals surface area (Å²) in [6.45, 7) is 0.694. The Kier molecular flexibility index (Phi) is 10.4. The molecule has 0 spiro atoms. The van der Waals surface area contributed by atoms with Crippen LogP contribution < -0.4 is 0 Å². The molecule has 9 heteroatoms. The van der Waals surface area contributed by atoms with Crippen LogP contribution in [-0.2, 0) is 28.5 Å². The maximum atomic E-state index is 14.0. The van der Waals surface area contributed by atoms with Gasteiger partial charge in [-0.05, 0) is 57.8 Å². The van der Waals surface area contributed by atoms with Gasteiger partial charge in [-0.1, -0.05) is 0 Å². The summed E-state index contributed by atoms with van der Waals surface area (Å²) in [6, 6.07) is 0. The Labute approximate surface area is 177 Å². The Morgan fingerprint density at radius 2 is 1.50 bits per heavy atom. The van der Waals surface area contributed by atoms with E-state index in [1.165, 1.54) is 14.2 Å². The van der Waals surface area contributed by atoms with Crippen LogP contribution in [0.4, 0.5) is 8.78 Å². The minimum Gasteiger partial charge on any atom is -0.469 e. The average molecular weight is 440 g/mol. The molecular formula is C21H36F2O7. The molecule has 176 valence electrons. The first kappa shape index (κ1) is 24.9. The first-order valence-corrected chi connectivity index (χ1v) is 10.7. The molecule has 3 aliphatic rings. The van der Waals surface area contributed by atoms with Crippen molar-refractivity contribution in [3.8, 4) is 0 Å². The van der Waals surface area contributed by atoms with E-state index in [4.69, 9.17) is 14.6 Å². The molecule has 0 radical (unpaired) electrons. The van der Waals surface area contributed by atoms with Crippen molar-refractivity contribution in [1.29, 1.82) is 0 Å². The fourth-order valence-electron chi connectivity index (χ4n) is 4.12. The van der Waals surface area contributed by atoms with Gasteiger partial charge >= 0.3 is 11.9 Å². The Morgan fingerprint density at radius 1 is 0.900 bits per heavy atom. The van der Waals surface area contributed by atoms with Crippen molar-refractivity contribution in [2.24, 2.45) is 11.8 Å². The highest BCUT2D eigenvalue weighted by Gasteiger charge is 2.37. The number of halogens is 2. The van der Waals surface area contributed by atoms with Crippen molar-refractivity contribution in [1.82, 2.24) is 0 Å². The largest absolute Gasteiger partial charge is 0.469 e. The molecule has 0 aromatic carbocycles. The highest BCUT2D eigenvalue weighted by atomic mass is 19.1. The third-order valence-corrected chi connectivity index (χ3v) is 5.98. The highest BCUT2D eigenvalue weighted by Crippen LogP contribution is 2.31. The third-order valence-electron chi connectivity index (χ3n) is 5.98. The molecule has 3 fully saturated rings. The van der Waals surface area contributed by atoms with Crippen molar-refractivity contribution in [3.63, 3.8) is 0 Å². The highest BCUT2D eigenvalue weighted by molar-refractivity contribution is 5.72. The number of alkyl halides is 2. The van der Waals surface area contributed by atoms with Gasteiger partial charge in [0.15, 0.2) is 6.29 Å². The van der Waals surface area contributed by atoms with E-state index in [-0.39, 0.29) is 44.3 Å². The van der Waals surface area contributed by atoms with E-state index in [9.17, 15) is 18.4 Å². The smallest absolute Gasteiger partial charge is 0.308 e. The average Bonchev–Trinajstić information content (AvgIpc) is 2.77. The van der Waals surface area contributed by atoms with Crippen LogP contribution in [0.3, 0.4) is 0 Å². The molecular weight excluding hydrogens is 402 g/mol. The van der Waals surface area contributed by atoms with Crippen LogP contribution in [-0.4, -0.2) is 68.7 Å². The molecule has 1 heterocycles. The van der Waals surface area contributed by atoms with Crippen LogP contribution >= 0.6 is 0 Å². The van der Waals surface area contributed by atoms with Crippen LogP contribution in [0.15, 0.2) is 0 Å². The first-order valence-electron chi connectivity index (χ1n) is 10.7. The molecule has 0 aromatic heterocycles. The van der Waals surface area contributed by atoms with Gasteiger partial charge in [0.25, 0.3) is 0 Å². The van der Waals surface area contributed by atoms with Gasteiger partial charge in [-0.2, -0.15) is 0 Å². The zero-order valence-electron chi connectivity index (χ0n) is 17.8. The van der Waals surface area contributed by atoms with E-state index in [0.717, 1.165) is 19.3 Å². The molecule has 2 saturated carbocycles. The first-order chi connectivity index (χ1) is 14.3. The third kappa shape index (κ3) is 7.42. The van der Waals surface area contributed by atoms with Crippen molar-refractivity contribution >= 4 is 11.9 Å². The minimum absolute atomic E-state index is 0. The topological polar surface area (TPSA) is 91.3 Å². The lowest BCUT2D eigenvalue weighted by Gasteiger charge is -2.34. The Balaban J connectivity index is 0.000000324. The second-order valence-electron chi connectivity index (χ2n) is 8.14. The van der Waals surface area contributed by atoms with Gasteiger partial charge in [-0.25, -0.2) is 8.78 Å². The fraction of sp³-hybridized carbons (Fsp3) is 0.905. The van der Waals surface area contributed by atoms with Crippen LogP contribution in [0.25, 0.3) is 0 Å². The van der Waals surface area contributed by atoms with Crippen molar-refractivity contribution in [3.05, 3.63) is 0 Å². The van der Waals surface area contributed by atoms with E-state index in [0.29, 0.717) is 32.3 Å². The maximum Gasteiger partial charge on any atom is 0.308 e. The normalized spacial score (nSPS) is 36.8. The second kappa shape index (κ2) is 12.5. The standard InChI is InChI=1S/C13H21FO4.C8H13FO3.H2/c1-16-13(15)9-5-6-11(10(14)8-9)18-12-4-2-3-7-17-12;1-12-8(11)5-2-3-7(10)6(9)4-5;/h9-12H,2-8H2,1H3;5-7,10H,2-4H2,1H3;1H/t9-,10+,11?,12?;5-,6+,7?;/m00./s1/i;;1+1. The zero-order valence-corrected chi connectivity index (χ0v) is 17.8. The number of hydrogen-bond donors (Lipinski definition) is 1. The van der Waals surface area contributed by atoms with Crippen LogP contribution in [0.5, 0.6) is 0 Å². The lowest BCUT2D eigenvalue weighted by atomic mass is 9.86. The number of hydrogen-bond acceptors (Lipinski definition) is 7. The van der Waals surface area contributed by atoms with Crippen LogP contribution in [0.2, 0.25) is 0 Å². The molecule has 0 aromatic rings. The van der Waals surface area contributed by atoms with E-state index >= 15 is 0 Å². The number of aliphatic hydroxyl groups excluding tert-OH is 1. The Bertz CT molecular complexity index is 548. The quantitative estimate of drug-likeness (QED) is 0.673. The lowest BCUT2D eigenvalue weighted by Crippen LogP contribution is -2.39. The molecule has 1 aliphatic heterocycles. The van der Waals surface area contributed by atoms with Gasteiger partial charge in [-0.3, -0.25) is 9.59 Å².